The first-order valence-corrected chi connectivity index (χ1v) is 4.32. The second-order valence-corrected chi connectivity index (χ2v) is 3.35. The maximum Gasteiger partial charge on any atom is 0.347 e. The first-order chi connectivity index (χ1) is 6.09. The summed E-state index contributed by atoms with van der Waals surface area (Å²) in [5, 5.41) is 0. The summed E-state index contributed by atoms with van der Waals surface area (Å²) in [4.78, 5) is 15.2. The van der Waals surface area contributed by atoms with E-state index in [2.05, 4.69) is 4.98 Å². The smallest absolute Gasteiger partial charge is 0.347 e. The van der Waals surface area contributed by atoms with E-state index in [0.717, 1.165) is 5.56 Å². The van der Waals surface area contributed by atoms with Crippen LogP contribution in [-0.2, 0) is 6.54 Å². The van der Waals surface area contributed by atoms with E-state index >= 15 is 0 Å². The molecule has 1 heterocycles. The Morgan fingerprint density at radius 3 is 3.08 bits per heavy atom. The molecule has 1 aromatic rings. The predicted molar refractivity (Wildman–Crippen MR) is 54.6 cm³/mol. The fourth-order valence-electron chi connectivity index (χ4n) is 0.956. The monoisotopic (exact) mass is 197 g/mol. The Hall–Kier alpha value is -1.23. The average molecular weight is 197 g/mol. The quantitative estimate of drug-likeness (QED) is 0.704. The molecule has 0 spiro atoms. The van der Waals surface area contributed by atoms with Gasteiger partial charge in [0.25, 0.3) is 0 Å². The lowest BCUT2D eigenvalue weighted by atomic mass is 10.4. The lowest BCUT2D eigenvalue weighted by Gasteiger charge is -2.03. The second-order valence-electron chi connectivity index (χ2n) is 2.82. The van der Waals surface area contributed by atoms with E-state index in [9.17, 15) is 4.79 Å². The van der Waals surface area contributed by atoms with E-state index in [0.29, 0.717) is 18.0 Å². The number of hydrogen-bond donors (Lipinski definition) is 1. The van der Waals surface area contributed by atoms with Crippen LogP contribution in [0.3, 0.4) is 0 Å². The van der Waals surface area contributed by atoms with Crippen LogP contribution in [0.2, 0.25) is 0 Å². The summed E-state index contributed by atoms with van der Waals surface area (Å²) in [7, 11) is 0. The van der Waals surface area contributed by atoms with Gasteiger partial charge in [0.15, 0.2) is 0 Å². The van der Waals surface area contributed by atoms with Gasteiger partial charge in [0.1, 0.15) is 0 Å². The van der Waals surface area contributed by atoms with Crippen LogP contribution in [-0.4, -0.2) is 14.5 Å². The molecule has 0 saturated heterocycles. The summed E-state index contributed by atoms with van der Waals surface area (Å²) in [6.45, 7) is 2.38. The molecule has 0 radical (unpaired) electrons. The van der Waals surface area contributed by atoms with Crippen LogP contribution in [0.25, 0.3) is 0 Å². The third-order valence-electron chi connectivity index (χ3n) is 1.58. The zero-order valence-corrected chi connectivity index (χ0v) is 8.17. The summed E-state index contributed by atoms with van der Waals surface area (Å²) >= 11 is 4.71. The lowest BCUT2D eigenvalue weighted by Crippen LogP contribution is -2.24. The Bertz CT molecular complexity index is 372. The van der Waals surface area contributed by atoms with Gasteiger partial charge in [-0.25, -0.2) is 9.78 Å². The molecule has 13 heavy (non-hydrogen) atoms. The van der Waals surface area contributed by atoms with Crippen molar-refractivity contribution < 1.29 is 0 Å². The van der Waals surface area contributed by atoms with Crippen molar-refractivity contribution >= 4 is 17.2 Å². The number of thiocarbonyl (C=S) groups is 1. The predicted octanol–water partition coefficient (Wildman–Crippen LogP) is 0.228. The van der Waals surface area contributed by atoms with E-state index in [1.54, 1.807) is 12.4 Å². The van der Waals surface area contributed by atoms with Gasteiger partial charge in [-0.3, -0.25) is 4.57 Å². The highest BCUT2D eigenvalue weighted by molar-refractivity contribution is 7.80. The van der Waals surface area contributed by atoms with Crippen LogP contribution in [0.1, 0.15) is 12.0 Å². The molecule has 0 aliphatic rings. The minimum Gasteiger partial charge on any atom is -0.393 e. The van der Waals surface area contributed by atoms with E-state index < -0.39 is 0 Å². The fourth-order valence-corrected chi connectivity index (χ4v) is 1.05. The second kappa shape index (κ2) is 4.13. The molecule has 0 aliphatic heterocycles. The first-order valence-electron chi connectivity index (χ1n) is 3.91. The van der Waals surface area contributed by atoms with Crippen molar-refractivity contribution in [1.82, 2.24) is 9.55 Å². The molecule has 4 nitrogen and oxygen atoms in total. The molecule has 0 atom stereocenters. The molecular formula is C8H11N3OS. The number of rotatable bonds is 3. The SMILES string of the molecule is Cc1cnc(=O)n(CCC(N)=S)c1. The highest BCUT2D eigenvalue weighted by Crippen LogP contribution is 1.91. The summed E-state index contributed by atoms with van der Waals surface area (Å²) in [5.74, 6) is 0. The molecule has 1 rings (SSSR count). The minimum absolute atomic E-state index is 0.262. The standard InChI is InChI=1S/C8H11N3OS/c1-6-4-10-8(12)11(5-6)3-2-7(9)13/h4-5H,2-3H2,1H3,(H2,9,13). The van der Waals surface area contributed by atoms with Gasteiger partial charge in [0.05, 0.1) is 4.99 Å². The molecular weight excluding hydrogens is 186 g/mol. The van der Waals surface area contributed by atoms with Crippen LogP contribution < -0.4 is 11.4 Å². The third kappa shape index (κ3) is 2.95. The summed E-state index contributed by atoms with van der Waals surface area (Å²) in [5.41, 5.74) is 6.01. The van der Waals surface area contributed by atoms with Crippen molar-refractivity contribution in [3.05, 3.63) is 28.4 Å². The highest BCUT2D eigenvalue weighted by atomic mass is 32.1. The molecule has 70 valence electrons. The molecule has 2 N–H and O–H groups in total. The summed E-state index contributed by atoms with van der Waals surface area (Å²) < 4.78 is 1.51. The number of nitrogens with two attached hydrogens (primary N) is 1. The summed E-state index contributed by atoms with van der Waals surface area (Å²) in [6, 6.07) is 0. The molecule has 0 fully saturated rings. The van der Waals surface area contributed by atoms with E-state index in [4.69, 9.17) is 18.0 Å². The van der Waals surface area contributed by atoms with Crippen molar-refractivity contribution in [2.45, 2.75) is 19.9 Å². The normalized spacial score (nSPS) is 9.92. The molecule has 0 bridgehead atoms. The summed E-state index contributed by atoms with van der Waals surface area (Å²) in [6.07, 6.45) is 3.81. The number of hydrogen-bond acceptors (Lipinski definition) is 3. The minimum atomic E-state index is -0.262. The molecule has 0 aromatic carbocycles. The van der Waals surface area contributed by atoms with Crippen molar-refractivity contribution in [3.63, 3.8) is 0 Å². The van der Waals surface area contributed by atoms with Gasteiger partial charge >= 0.3 is 5.69 Å². The Morgan fingerprint density at radius 2 is 2.46 bits per heavy atom. The molecule has 0 amide bonds. The number of nitrogens with zero attached hydrogens (tertiary/aromatic N) is 2. The Balaban J connectivity index is 2.82. The average Bonchev–Trinajstić information content (AvgIpc) is 2.06. The van der Waals surface area contributed by atoms with E-state index in [1.165, 1.54) is 4.57 Å². The molecule has 5 heteroatoms. The van der Waals surface area contributed by atoms with Gasteiger partial charge in [-0.1, -0.05) is 12.2 Å². The lowest BCUT2D eigenvalue weighted by molar-refractivity contribution is 0.667. The van der Waals surface area contributed by atoms with Crippen LogP contribution >= 0.6 is 12.2 Å². The Kier molecular flexibility index (Phi) is 3.13. The maximum absolute atomic E-state index is 11.2. The van der Waals surface area contributed by atoms with Gasteiger partial charge in [0.2, 0.25) is 0 Å². The number of aromatic nitrogens is 2. The van der Waals surface area contributed by atoms with Gasteiger partial charge in [-0.2, -0.15) is 0 Å². The van der Waals surface area contributed by atoms with Crippen molar-refractivity contribution in [3.8, 4) is 0 Å². The van der Waals surface area contributed by atoms with E-state index in [1.807, 2.05) is 6.92 Å². The third-order valence-corrected chi connectivity index (χ3v) is 1.79. The van der Waals surface area contributed by atoms with Crippen LogP contribution in [0, 0.1) is 6.92 Å². The fraction of sp³-hybridized carbons (Fsp3) is 0.375. The largest absolute Gasteiger partial charge is 0.393 e. The van der Waals surface area contributed by atoms with E-state index in [-0.39, 0.29) is 5.69 Å². The zero-order chi connectivity index (χ0) is 9.84. The Morgan fingerprint density at radius 1 is 1.77 bits per heavy atom. The topological polar surface area (TPSA) is 60.9 Å². The van der Waals surface area contributed by atoms with Gasteiger partial charge < -0.3 is 5.73 Å². The van der Waals surface area contributed by atoms with Gasteiger partial charge in [0, 0.05) is 25.4 Å². The molecule has 0 unspecified atom stereocenters. The number of aryl methyl sites for hydroxylation is 2. The molecule has 0 saturated carbocycles. The van der Waals surface area contributed by atoms with Gasteiger partial charge in [-0.05, 0) is 12.5 Å². The van der Waals surface area contributed by atoms with Crippen molar-refractivity contribution in [2.24, 2.45) is 5.73 Å². The molecule has 1 aromatic heterocycles. The highest BCUT2D eigenvalue weighted by Gasteiger charge is 1.97. The maximum atomic E-state index is 11.2. The van der Waals surface area contributed by atoms with Crippen LogP contribution in [0.5, 0.6) is 0 Å². The first kappa shape index (κ1) is 9.85. The Labute approximate surface area is 81.4 Å². The van der Waals surface area contributed by atoms with Crippen molar-refractivity contribution in [2.75, 3.05) is 0 Å². The van der Waals surface area contributed by atoms with Gasteiger partial charge in [-0.15, -0.1) is 0 Å². The van der Waals surface area contributed by atoms with Crippen LogP contribution in [0.15, 0.2) is 17.2 Å². The van der Waals surface area contributed by atoms with Crippen LogP contribution in [0.4, 0.5) is 0 Å². The zero-order valence-electron chi connectivity index (χ0n) is 7.36. The van der Waals surface area contributed by atoms with Crippen molar-refractivity contribution in [1.29, 1.82) is 0 Å². The molecule has 0 aliphatic carbocycles.